The Bertz CT molecular complexity index is 872. The number of likely N-dealkylation sites (tertiary alicyclic amines) is 1. The summed E-state index contributed by atoms with van der Waals surface area (Å²) in [5.74, 6) is 0.284. The van der Waals surface area contributed by atoms with Gasteiger partial charge in [0.25, 0.3) is 5.91 Å². The number of carbonyl (C=O) groups is 2. The molecule has 1 fully saturated rings. The Hall–Kier alpha value is -2.24. The van der Waals surface area contributed by atoms with Gasteiger partial charge in [-0.15, -0.1) is 0 Å². The maximum atomic E-state index is 12.4. The Balaban J connectivity index is 1.59. The van der Waals surface area contributed by atoms with Crippen molar-refractivity contribution in [1.82, 2.24) is 10.2 Å². The third-order valence-electron chi connectivity index (χ3n) is 4.69. The van der Waals surface area contributed by atoms with Gasteiger partial charge in [-0.2, -0.15) is 0 Å². The predicted molar refractivity (Wildman–Crippen MR) is 109 cm³/mol. The van der Waals surface area contributed by atoms with E-state index in [1.165, 1.54) is 0 Å². The highest BCUT2D eigenvalue weighted by Crippen LogP contribution is 2.32. The van der Waals surface area contributed by atoms with Crippen molar-refractivity contribution in [2.75, 3.05) is 6.54 Å². The first-order valence-electron chi connectivity index (χ1n) is 9.18. The van der Waals surface area contributed by atoms with E-state index in [2.05, 4.69) is 5.32 Å². The number of halogens is 2. The molecule has 2 aromatic rings. The van der Waals surface area contributed by atoms with Crippen LogP contribution in [0.1, 0.15) is 30.9 Å². The fraction of sp³-hybridized carbons (Fsp3) is 0.333. The molecule has 0 radical (unpaired) electrons. The van der Waals surface area contributed by atoms with Gasteiger partial charge in [0.15, 0.2) is 6.10 Å². The van der Waals surface area contributed by atoms with E-state index in [1.54, 1.807) is 25.1 Å². The molecule has 2 aromatic carbocycles. The number of ether oxygens (including phenoxy) is 1. The second kappa shape index (κ2) is 9.30. The maximum absolute atomic E-state index is 12.4. The van der Waals surface area contributed by atoms with Crippen molar-refractivity contribution in [3.8, 4) is 5.75 Å². The molecule has 1 aliphatic heterocycles. The summed E-state index contributed by atoms with van der Waals surface area (Å²) in [6.45, 7) is 3.36. The number of rotatable bonds is 7. The Morgan fingerprint density at radius 3 is 2.64 bits per heavy atom. The summed E-state index contributed by atoms with van der Waals surface area (Å²) in [4.78, 5) is 26.2. The number of carbonyl (C=O) groups excluding carboxylic acids is 2. The minimum Gasteiger partial charge on any atom is -0.479 e. The van der Waals surface area contributed by atoms with Crippen LogP contribution in [0.25, 0.3) is 0 Å². The second-order valence-corrected chi connectivity index (χ2v) is 7.50. The van der Waals surface area contributed by atoms with Crippen LogP contribution in [-0.2, 0) is 22.7 Å². The Morgan fingerprint density at radius 1 is 1.18 bits per heavy atom. The standard InChI is InChI=1S/C21H22Cl2N2O3/c1-14(28-18-9-4-8-17(22)20(18)23)21(27)24-12-15-6-2-3-7-16(15)13-25-11-5-10-19(25)26/h2-4,6-9,14H,5,10-13H2,1H3,(H,24,27). The molecule has 0 aliphatic carbocycles. The third-order valence-corrected chi connectivity index (χ3v) is 5.49. The van der Waals surface area contributed by atoms with Crippen molar-refractivity contribution < 1.29 is 14.3 Å². The summed E-state index contributed by atoms with van der Waals surface area (Å²) in [5, 5.41) is 3.54. The van der Waals surface area contributed by atoms with E-state index in [-0.39, 0.29) is 16.8 Å². The molecule has 1 unspecified atom stereocenters. The number of amides is 2. The molecular formula is C21H22Cl2N2O3. The molecule has 2 amide bonds. The number of nitrogens with zero attached hydrogens (tertiary/aromatic N) is 1. The Morgan fingerprint density at radius 2 is 1.93 bits per heavy atom. The smallest absolute Gasteiger partial charge is 0.261 e. The number of hydrogen-bond acceptors (Lipinski definition) is 3. The van der Waals surface area contributed by atoms with Gasteiger partial charge in [0.1, 0.15) is 10.8 Å². The summed E-state index contributed by atoms with van der Waals surface area (Å²) >= 11 is 12.1. The van der Waals surface area contributed by atoms with Crippen molar-refractivity contribution in [2.24, 2.45) is 0 Å². The normalized spacial score (nSPS) is 14.8. The first kappa shape index (κ1) is 20.5. The minimum atomic E-state index is -0.733. The summed E-state index contributed by atoms with van der Waals surface area (Å²) in [6.07, 6.45) is 0.779. The van der Waals surface area contributed by atoms with Crippen molar-refractivity contribution in [3.05, 3.63) is 63.6 Å². The number of hydrogen-bond donors (Lipinski definition) is 1. The zero-order valence-electron chi connectivity index (χ0n) is 15.6. The lowest BCUT2D eigenvalue weighted by Gasteiger charge is -2.19. The van der Waals surface area contributed by atoms with E-state index in [1.807, 2.05) is 29.2 Å². The zero-order valence-corrected chi connectivity index (χ0v) is 17.1. The SMILES string of the molecule is CC(Oc1cccc(Cl)c1Cl)C(=O)NCc1ccccc1CN1CCCC1=O. The topological polar surface area (TPSA) is 58.6 Å². The van der Waals surface area contributed by atoms with Crippen molar-refractivity contribution in [3.63, 3.8) is 0 Å². The first-order valence-corrected chi connectivity index (χ1v) is 9.94. The molecule has 7 heteroatoms. The average molecular weight is 421 g/mol. The van der Waals surface area contributed by atoms with Gasteiger partial charge in [-0.3, -0.25) is 9.59 Å². The summed E-state index contributed by atoms with van der Waals surface area (Å²) in [6, 6.07) is 12.8. The fourth-order valence-corrected chi connectivity index (χ4v) is 3.44. The molecule has 1 N–H and O–H groups in total. The van der Waals surface area contributed by atoms with Crippen LogP contribution in [0.5, 0.6) is 5.75 Å². The van der Waals surface area contributed by atoms with Crippen LogP contribution in [0.3, 0.4) is 0 Å². The van der Waals surface area contributed by atoms with Crippen LogP contribution < -0.4 is 10.1 Å². The van der Waals surface area contributed by atoms with Gasteiger partial charge in [0, 0.05) is 26.1 Å². The van der Waals surface area contributed by atoms with Crippen LogP contribution in [0.4, 0.5) is 0 Å². The molecule has 28 heavy (non-hydrogen) atoms. The molecule has 1 aliphatic rings. The molecule has 0 aromatic heterocycles. The molecule has 1 saturated heterocycles. The van der Waals surface area contributed by atoms with E-state index in [4.69, 9.17) is 27.9 Å². The highest BCUT2D eigenvalue weighted by atomic mass is 35.5. The predicted octanol–water partition coefficient (Wildman–Crippen LogP) is 4.20. The monoisotopic (exact) mass is 420 g/mol. The molecule has 1 atom stereocenters. The molecule has 3 rings (SSSR count). The van der Waals surface area contributed by atoms with Crippen LogP contribution >= 0.6 is 23.2 Å². The molecular weight excluding hydrogens is 399 g/mol. The van der Waals surface area contributed by atoms with Crippen molar-refractivity contribution in [2.45, 2.75) is 39.0 Å². The van der Waals surface area contributed by atoms with E-state index >= 15 is 0 Å². The van der Waals surface area contributed by atoms with Crippen LogP contribution in [-0.4, -0.2) is 29.4 Å². The lowest BCUT2D eigenvalue weighted by molar-refractivity contribution is -0.128. The second-order valence-electron chi connectivity index (χ2n) is 6.72. The highest BCUT2D eigenvalue weighted by molar-refractivity contribution is 6.42. The first-order chi connectivity index (χ1) is 13.5. The quantitative estimate of drug-likeness (QED) is 0.729. The Labute approximate surface area is 174 Å². The summed E-state index contributed by atoms with van der Waals surface area (Å²) < 4.78 is 5.65. The van der Waals surface area contributed by atoms with E-state index in [0.717, 1.165) is 24.1 Å². The van der Waals surface area contributed by atoms with Crippen molar-refractivity contribution in [1.29, 1.82) is 0 Å². The molecule has 5 nitrogen and oxygen atoms in total. The van der Waals surface area contributed by atoms with Crippen LogP contribution in [0.2, 0.25) is 10.0 Å². The van der Waals surface area contributed by atoms with Gasteiger partial charge in [-0.05, 0) is 36.6 Å². The Kier molecular flexibility index (Phi) is 6.81. The van der Waals surface area contributed by atoms with Crippen LogP contribution in [0, 0.1) is 0 Å². The minimum absolute atomic E-state index is 0.180. The number of benzene rings is 2. The van der Waals surface area contributed by atoms with Crippen LogP contribution in [0.15, 0.2) is 42.5 Å². The largest absolute Gasteiger partial charge is 0.479 e. The zero-order chi connectivity index (χ0) is 20.1. The van der Waals surface area contributed by atoms with Crippen molar-refractivity contribution >= 4 is 35.0 Å². The summed E-state index contributed by atoms with van der Waals surface area (Å²) in [7, 11) is 0. The summed E-state index contributed by atoms with van der Waals surface area (Å²) in [5.41, 5.74) is 2.01. The van der Waals surface area contributed by atoms with E-state index in [0.29, 0.717) is 30.3 Å². The van der Waals surface area contributed by atoms with Gasteiger partial charge in [-0.1, -0.05) is 53.5 Å². The van der Waals surface area contributed by atoms with Gasteiger partial charge >= 0.3 is 0 Å². The van der Waals surface area contributed by atoms with Gasteiger partial charge in [0.2, 0.25) is 5.91 Å². The van der Waals surface area contributed by atoms with Gasteiger partial charge < -0.3 is 15.0 Å². The average Bonchev–Trinajstić information content (AvgIpc) is 3.09. The third kappa shape index (κ3) is 4.97. The molecule has 1 heterocycles. The van der Waals surface area contributed by atoms with E-state index in [9.17, 15) is 9.59 Å². The lowest BCUT2D eigenvalue weighted by Crippen LogP contribution is -2.36. The molecule has 0 bridgehead atoms. The molecule has 0 saturated carbocycles. The molecule has 0 spiro atoms. The van der Waals surface area contributed by atoms with E-state index < -0.39 is 6.10 Å². The lowest BCUT2D eigenvalue weighted by atomic mass is 10.1. The van der Waals surface area contributed by atoms with Gasteiger partial charge in [0.05, 0.1) is 5.02 Å². The van der Waals surface area contributed by atoms with Gasteiger partial charge in [-0.25, -0.2) is 0 Å². The maximum Gasteiger partial charge on any atom is 0.261 e. The number of nitrogens with one attached hydrogen (secondary N) is 1. The fourth-order valence-electron chi connectivity index (χ4n) is 3.11. The highest BCUT2D eigenvalue weighted by Gasteiger charge is 2.21. The molecule has 148 valence electrons.